The van der Waals surface area contributed by atoms with Gasteiger partial charge in [0, 0.05) is 11.3 Å². The van der Waals surface area contributed by atoms with E-state index in [1.165, 1.54) is 0 Å². The van der Waals surface area contributed by atoms with Crippen LogP contribution >= 0.6 is 0 Å². The molecule has 0 fully saturated rings. The maximum atomic E-state index is 10.4. The number of rotatable bonds is 5. The molecule has 0 amide bonds. The molecule has 0 saturated heterocycles. The van der Waals surface area contributed by atoms with E-state index in [9.17, 15) is 4.79 Å². The van der Waals surface area contributed by atoms with Gasteiger partial charge in [-0.25, -0.2) is 0 Å². The largest absolute Gasteiger partial charge is 0.466 e. The minimum atomic E-state index is -0.408. The highest BCUT2D eigenvalue weighted by Gasteiger charge is 2.20. The van der Waals surface area contributed by atoms with Crippen molar-refractivity contribution in [2.75, 3.05) is 0 Å². The fraction of sp³-hybridized carbons (Fsp3) is 0.500. The van der Waals surface area contributed by atoms with Gasteiger partial charge in [0.05, 0.1) is 6.04 Å². The molecule has 2 atom stereocenters. The molecular weight excluding hydrogens is 194 g/mol. The van der Waals surface area contributed by atoms with E-state index < -0.39 is 6.04 Å². The first-order chi connectivity index (χ1) is 7.19. The molecule has 15 heavy (non-hydrogen) atoms. The summed E-state index contributed by atoms with van der Waals surface area (Å²) in [6.07, 6.45) is 1.17. The van der Waals surface area contributed by atoms with E-state index in [0.717, 1.165) is 12.0 Å². The van der Waals surface area contributed by atoms with Crippen LogP contribution in [0.3, 0.4) is 0 Å². The normalized spacial score (nSPS) is 14.0. The van der Waals surface area contributed by atoms with Gasteiger partial charge in [0.25, 0.3) is 0 Å². The van der Waals surface area contributed by atoms with Crippen LogP contribution in [-0.4, -0.2) is 6.29 Å². The first kappa shape index (κ1) is 11.3. The van der Waals surface area contributed by atoms with Gasteiger partial charge in [0.15, 0.2) is 0 Å². The average molecular weight is 207 g/mol. The molecule has 80 valence electrons. The number of carbonyl (C=O) groups is 1. The van der Waals surface area contributed by atoms with E-state index in [2.05, 4.69) is 10.0 Å². The Balaban J connectivity index is 2.91. The van der Waals surface area contributed by atoms with Crippen molar-refractivity contribution in [2.45, 2.75) is 26.3 Å². The van der Waals surface area contributed by atoms with Crippen LogP contribution in [0.2, 0.25) is 0 Å². The Labute approximate surface area is 87.7 Å². The monoisotopic (exact) mass is 207 g/mol. The predicted octanol–water partition coefficient (Wildman–Crippen LogP) is 3.16. The highest BCUT2D eigenvalue weighted by atomic mass is 16.3. The Morgan fingerprint density at radius 1 is 1.67 bits per heavy atom. The highest BCUT2D eigenvalue weighted by molar-refractivity contribution is 5.49. The lowest BCUT2D eigenvalue weighted by Gasteiger charge is -2.14. The molecule has 5 nitrogen and oxygen atoms in total. The molecule has 1 heterocycles. The molecule has 0 N–H and O–H groups in total. The molecule has 5 heteroatoms. The Kier molecular flexibility index (Phi) is 3.94. The molecule has 1 rings (SSSR count). The lowest BCUT2D eigenvalue weighted by molar-refractivity contribution is -0.108. The van der Waals surface area contributed by atoms with Crippen LogP contribution in [-0.2, 0) is 4.79 Å². The molecule has 0 aliphatic carbocycles. The molecule has 0 aliphatic heterocycles. The minimum absolute atomic E-state index is 0.0519. The first-order valence-corrected chi connectivity index (χ1v) is 4.73. The highest BCUT2D eigenvalue weighted by Crippen LogP contribution is 2.29. The van der Waals surface area contributed by atoms with Gasteiger partial charge >= 0.3 is 0 Å². The fourth-order valence-corrected chi connectivity index (χ4v) is 1.40. The average Bonchev–Trinajstić information content (AvgIpc) is 2.61. The second-order valence-electron chi connectivity index (χ2n) is 3.48. The van der Waals surface area contributed by atoms with E-state index in [1.54, 1.807) is 6.07 Å². The standard InChI is InChI=1S/C10H13N3O2/c1-7(5-6-14)10(12-13-11)9-4-3-8(2)15-9/h3-4,6-7,10H,5H2,1-2H3. The maximum absolute atomic E-state index is 10.4. The summed E-state index contributed by atoms with van der Waals surface area (Å²) in [7, 11) is 0. The number of aryl methyl sites for hydroxylation is 1. The topological polar surface area (TPSA) is 79.0 Å². The molecule has 0 radical (unpaired) electrons. The first-order valence-electron chi connectivity index (χ1n) is 4.73. The van der Waals surface area contributed by atoms with Gasteiger partial charge in [0.2, 0.25) is 0 Å². The molecule has 0 aliphatic rings. The summed E-state index contributed by atoms with van der Waals surface area (Å²) in [5.41, 5.74) is 8.45. The number of aldehydes is 1. The summed E-state index contributed by atoms with van der Waals surface area (Å²) in [5.74, 6) is 1.32. The third kappa shape index (κ3) is 2.86. The third-order valence-corrected chi connectivity index (χ3v) is 2.24. The minimum Gasteiger partial charge on any atom is -0.466 e. The quantitative estimate of drug-likeness (QED) is 0.321. The van der Waals surface area contributed by atoms with Crippen LogP contribution < -0.4 is 0 Å². The van der Waals surface area contributed by atoms with Gasteiger partial charge in [-0.05, 0) is 30.5 Å². The molecule has 2 unspecified atom stereocenters. The van der Waals surface area contributed by atoms with E-state index >= 15 is 0 Å². The smallest absolute Gasteiger partial charge is 0.120 e. The molecule has 0 spiro atoms. The number of carbonyl (C=O) groups excluding carboxylic acids is 1. The van der Waals surface area contributed by atoms with Gasteiger partial charge < -0.3 is 9.21 Å². The van der Waals surface area contributed by atoms with Crippen molar-refractivity contribution in [2.24, 2.45) is 11.0 Å². The predicted molar refractivity (Wildman–Crippen MR) is 55.2 cm³/mol. The molecule has 1 aromatic heterocycles. The van der Waals surface area contributed by atoms with Crippen LogP contribution in [0.5, 0.6) is 0 Å². The van der Waals surface area contributed by atoms with E-state index in [-0.39, 0.29) is 5.92 Å². The van der Waals surface area contributed by atoms with E-state index in [1.807, 2.05) is 19.9 Å². The summed E-state index contributed by atoms with van der Waals surface area (Å²) in [5, 5.41) is 3.65. The van der Waals surface area contributed by atoms with Gasteiger partial charge in [0.1, 0.15) is 17.8 Å². The SMILES string of the molecule is Cc1ccc(C(N=[N+]=[N-])C(C)CC=O)o1. The zero-order valence-electron chi connectivity index (χ0n) is 8.75. The van der Waals surface area contributed by atoms with E-state index in [0.29, 0.717) is 12.2 Å². The molecule has 0 aromatic carbocycles. The molecule has 0 saturated carbocycles. The van der Waals surface area contributed by atoms with Crippen molar-refractivity contribution >= 4 is 6.29 Å². The lowest BCUT2D eigenvalue weighted by Crippen LogP contribution is -2.06. The van der Waals surface area contributed by atoms with Crippen molar-refractivity contribution in [3.63, 3.8) is 0 Å². The van der Waals surface area contributed by atoms with Crippen LogP contribution in [0.1, 0.15) is 30.9 Å². The van der Waals surface area contributed by atoms with Crippen molar-refractivity contribution in [1.29, 1.82) is 0 Å². The number of azide groups is 1. The number of furan rings is 1. The van der Waals surface area contributed by atoms with Gasteiger partial charge in [-0.15, -0.1) is 0 Å². The lowest BCUT2D eigenvalue weighted by atomic mass is 9.98. The zero-order valence-corrected chi connectivity index (χ0v) is 8.75. The van der Waals surface area contributed by atoms with E-state index in [4.69, 9.17) is 9.95 Å². The molecular formula is C10H13N3O2. The number of hydrogen-bond acceptors (Lipinski definition) is 3. The summed E-state index contributed by atoms with van der Waals surface area (Å²) >= 11 is 0. The Hall–Kier alpha value is -1.74. The van der Waals surface area contributed by atoms with Crippen LogP contribution in [0.4, 0.5) is 0 Å². The van der Waals surface area contributed by atoms with Crippen molar-refractivity contribution < 1.29 is 9.21 Å². The van der Waals surface area contributed by atoms with Crippen molar-refractivity contribution in [3.8, 4) is 0 Å². The summed E-state index contributed by atoms with van der Waals surface area (Å²) in [4.78, 5) is 13.2. The fourth-order valence-electron chi connectivity index (χ4n) is 1.40. The van der Waals surface area contributed by atoms with Gasteiger partial charge in [-0.1, -0.05) is 12.0 Å². The second-order valence-corrected chi connectivity index (χ2v) is 3.48. The van der Waals surface area contributed by atoms with Crippen molar-refractivity contribution in [1.82, 2.24) is 0 Å². The summed E-state index contributed by atoms with van der Waals surface area (Å²) in [6, 6.07) is 3.17. The maximum Gasteiger partial charge on any atom is 0.120 e. The van der Waals surface area contributed by atoms with Gasteiger partial charge in [-0.2, -0.15) is 0 Å². The summed E-state index contributed by atoms with van der Waals surface area (Å²) < 4.78 is 5.38. The molecule has 0 bridgehead atoms. The van der Waals surface area contributed by atoms with Crippen LogP contribution in [0, 0.1) is 12.8 Å². The zero-order chi connectivity index (χ0) is 11.3. The molecule has 1 aromatic rings. The second kappa shape index (κ2) is 5.22. The third-order valence-electron chi connectivity index (χ3n) is 2.24. The van der Waals surface area contributed by atoms with Crippen LogP contribution in [0.25, 0.3) is 10.4 Å². The van der Waals surface area contributed by atoms with Gasteiger partial charge in [-0.3, -0.25) is 0 Å². The summed E-state index contributed by atoms with van der Waals surface area (Å²) in [6.45, 7) is 3.67. The Morgan fingerprint density at radius 2 is 2.40 bits per heavy atom. The van der Waals surface area contributed by atoms with Crippen molar-refractivity contribution in [3.05, 3.63) is 34.1 Å². The number of hydrogen-bond donors (Lipinski definition) is 0. The van der Waals surface area contributed by atoms with Crippen LogP contribution in [0.15, 0.2) is 21.7 Å². The Bertz CT molecular complexity index is 380. The Morgan fingerprint density at radius 3 is 2.87 bits per heavy atom. The number of nitrogens with zero attached hydrogens (tertiary/aromatic N) is 3.